The number of carboxylic acid groups (broad SMARTS) is 1. The summed E-state index contributed by atoms with van der Waals surface area (Å²) in [7, 11) is 0. The average molecular weight is 566 g/mol. The van der Waals surface area contributed by atoms with Gasteiger partial charge in [0.2, 0.25) is 0 Å². The van der Waals surface area contributed by atoms with Crippen molar-refractivity contribution in [2.24, 2.45) is 0 Å². The van der Waals surface area contributed by atoms with Crippen molar-refractivity contribution in [3.8, 4) is 17.0 Å². The maximum absolute atomic E-state index is 15.6. The summed E-state index contributed by atoms with van der Waals surface area (Å²) in [6.07, 6.45) is -4.03. The second-order valence-corrected chi connectivity index (χ2v) is 9.33. The molecular formula is C26H17ClF5N3O4. The summed E-state index contributed by atoms with van der Waals surface area (Å²) < 4.78 is 72.9. The normalized spacial score (nSPS) is 13.5. The van der Waals surface area contributed by atoms with Gasteiger partial charge < -0.3 is 15.1 Å². The van der Waals surface area contributed by atoms with E-state index in [0.29, 0.717) is 19.2 Å². The number of nitrogens with zero attached hydrogens (tertiary/aromatic N) is 3. The minimum absolute atomic E-state index is 0.0906. The number of benzene rings is 3. The first kappa shape index (κ1) is 26.4. The molecule has 13 heteroatoms. The molecule has 0 spiro atoms. The molecule has 202 valence electrons. The summed E-state index contributed by atoms with van der Waals surface area (Å²) in [5, 5.41) is 22.9. The van der Waals surface area contributed by atoms with Crippen LogP contribution in [0.2, 0.25) is 5.02 Å². The Morgan fingerprint density at radius 1 is 1.05 bits per heavy atom. The van der Waals surface area contributed by atoms with Gasteiger partial charge in [0.05, 0.1) is 23.0 Å². The lowest BCUT2D eigenvalue weighted by Crippen LogP contribution is -2.42. The molecule has 0 radical (unpaired) electrons. The first-order valence-electron chi connectivity index (χ1n) is 11.5. The molecule has 3 aromatic carbocycles. The molecule has 0 atom stereocenters. The van der Waals surface area contributed by atoms with Crippen LogP contribution in [0, 0.1) is 11.6 Å². The van der Waals surface area contributed by atoms with Crippen LogP contribution < -0.4 is 0 Å². The van der Waals surface area contributed by atoms with Gasteiger partial charge in [-0.3, -0.25) is 9.48 Å². The Kier molecular flexibility index (Phi) is 6.45. The van der Waals surface area contributed by atoms with Crippen LogP contribution in [0.1, 0.15) is 38.3 Å². The molecule has 0 unspecified atom stereocenters. The molecule has 7 nitrogen and oxygen atoms in total. The number of amides is 1. The third kappa shape index (κ3) is 4.65. The van der Waals surface area contributed by atoms with Gasteiger partial charge in [-0.05, 0) is 42.8 Å². The number of likely N-dealkylation sites (tertiary alicyclic amines) is 1. The predicted octanol–water partition coefficient (Wildman–Crippen LogP) is 5.95. The quantitative estimate of drug-likeness (QED) is 0.292. The van der Waals surface area contributed by atoms with E-state index in [1.165, 1.54) is 17.0 Å². The number of aromatic nitrogens is 2. The smallest absolute Gasteiger partial charge is 0.416 e. The number of halogens is 6. The molecular weight excluding hydrogens is 549 g/mol. The Morgan fingerprint density at radius 2 is 1.77 bits per heavy atom. The second-order valence-electron chi connectivity index (χ2n) is 8.92. The lowest BCUT2D eigenvalue weighted by atomic mass is 10.0. The standard InChI is InChI=1S/C26H17ClF5N3O4/c27-17-4-1-3-16(26(30,31)32)15(17)11-35-20-8-12(24(37)34-5-2-6-34)7-19(29)22(20)23(33-35)13-10-21(36)14(25(38)39)9-18(13)28/h1,3-4,7-10,36H,2,5-6,11H2,(H,38,39). The van der Waals surface area contributed by atoms with E-state index < -0.39 is 69.9 Å². The molecule has 39 heavy (non-hydrogen) atoms. The van der Waals surface area contributed by atoms with Gasteiger partial charge in [-0.25, -0.2) is 13.6 Å². The molecule has 2 N–H and O–H groups in total. The largest absolute Gasteiger partial charge is 0.507 e. The van der Waals surface area contributed by atoms with Gasteiger partial charge in [-0.15, -0.1) is 0 Å². The first-order chi connectivity index (χ1) is 18.4. The lowest BCUT2D eigenvalue weighted by molar-refractivity contribution is -0.138. The Labute approximate surface area is 221 Å². The monoisotopic (exact) mass is 565 g/mol. The lowest BCUT2D eigenvalue weighted by Gasteiger charge is -2.30. The van der Waals surface area contributed by atoms with Crippen molar-refractivity contribution in [3.63, 3.8) is 0 Å². The van der Waals surface area contributed by atoms with Gasteiger partial charge in [0.15, 0.2) is 0 Å². The number of carboxylic acids is 1. The van der Waals surface area contributed by atoms with Crippen LogP contribution in [0.5, 0.6) is 5.75 Å². The third-order valence-electron chi connectivity index (χ3n) is 6.50. The number of alkyl halides is 3. The van der Waals surface area contributed by atoms with Gasteiger partial charge in [0.25, 0.3) is 5.91 Å². The molecule has 1 aromatic heterocycles. The van der Waals surface area contributed by atoms with Gasteiger partial charge in [-0.2, -0.15) is 18.3 Å². The Balaban J connectivity index is 1.76. The highest BCUT2D eigenvalue weighted by atomic mass is 35.5. The minimum Gasteiger partial charge on any atom is -0.507 e. The van der Waals surface area contributed by atoms with Crippen molar-refractivity contribution in [1.29, 1.82) is 0 Å². The molecule has 0 saturated carbocycles. The number of hydrogen-bond donors (Lipinski definition) is 2. The van der Waals surface area contributed by atoms with Crippen molar-refractivity contribution < 1.29 is 41.8 Å². The zero-order valence-corrected chi connectivity index (χ0v) is 20.4. The third-order valence-corrected chi connectivity index (χ3v) is 6.85. The second kappa shape index (κ2) is 9.53. The summed E-state index contributed by atoms with van der Waals surface area (Å²) in [5.41, 5.74) is -3.37. The number of fused-ring (bicyclic) bond motifs is 1. The van der Waals surface area contributed by atoms with E-state index in [1.54, 1.807) is 0 Å². The van der Waals surface area contributed by atoms with Crippen LogP contribution in [0.15, 0.2) is 42.5 Å². The van der Waals surface area contributed by atoms with Crippen LogP contribution in [0.3, 0.4) is 0 Å². The number of phenols is 1. The predicted molar refractivity (Wildman–Crippen MR) is 130 cm³/mol. The minimum atomic E-state index is -4.79. The number of carbonyl (C=O) groups is 2. The summed E-state index contributed by atoms with van der Waals surface area (Å²) in [6, 6.07) is 6.58. The van der Waals surface area contributed by atoms with Crippen molar-refractivity contribution in [3.05, 3.63) is 81.4 Å². The highest BCUT2D eigenvalue weighted by molar-refractivity contribution is 6.31. The van der Waals surface area contributed by atoms with E-state index in [2.05, 4.69) is 5.10 Å². The zero-order chi connectivity index (χ0) is 28.2. The van der Waals surface area contributed by atoms with E-state index >= 15 is 8.78 Å². The molecule has 1 amide bonds. The molecule has 0 bridgehead atoms. The molecule has 0 aliphatic carbocycles. The molecule has 1 saturated heterocycles. The summed E-state index contributed by atoms with van der Waals surface area (Å²) >= 11 is 6.11. The number of carbonyl (C=O) groups excluding carboxylic acids is 1. The van der Waals surface area contributed by atoms with Crippen LogP contribution in [0.4, 0.5) is 22.0 Å². The molecule has 1 fully saturated rings. The van der Waals surface area contributed by atoms with Gasteiger partial charge in [0.1, 0.15) is 28.6 Å². The van der Waals surface area contributed by atoms with Crippen LogP contribution in [0.25, 0.3) is 22.2 Å². The van der Waals surface area contributed by atoms with E-state index in [-0.39, 0.29) is 21.5 Å². The van der Waals surface area contributed by atoms with Crippen molar-refractivity contribution in [2.45, 2.75) is 19.1 Å². The van der Waals surface area contributed by atoms with Crippen molar-refractivity contribution >= 4 is 34.4 Å². The van der Waals surface area contributed by atoms with Crippen molar-refractivity contribution in [1.82, 2.24) is 14.7 Å². The van der Waals surface area contributed by atoms with Crippen LogP contribution in [-0.4, -0.2) is 49.9 Å². The number of hydrogen-bond acceptors (Lipinski definition) is 4. The summed E-state index contributed by atoms with van der Waals surface area (Å²) in [4.78, 5) is 25.6. The molecule has 1 aliphatic rings. The molecule has 2 heterocycles. The van der Waals surface area contributed by atoms with E-state index in [1.807, 2.05) is 0 Å². The average Bonchev–Trinajstić information content (AvgIpc) is 3.18. The molecule has 5 rings (SSSR count). The van der Waals surface area contributed by atoms with E-state index in [4.69, 9.17) is 16.7 Å². The fourth-order valence-electron chi connectivity index (χ4n) is 4.44. The Hall–Kier alpha value is -4.19. The van der Waals surface area contributed by atoms with E-state index in [0.717, 1.165) is 35.4 Å². The number of aromatic hydroxyl groups is 1. The fraction of sp³-hybridized carbons (Fsp3) is 0.192. The highest BCUT2D eigenvalue weighted by Gasteiger charge is 2.35. The van der Waals surface area contributed by atoms with Gasteiger partial charge in [0, 0.05) is 34.8 Å². The maximum Gasteiger partial charge on any atom is 0.416 e. The number of aromatic carboxylic acids is 1. The SMILES string of the molecule is O=C(O)c1cc(F)c(-c2nn(Cc3c(Cl)cccc3C(F)(F)F)c3cc(C(=O)N4CCC4)cc(F)c23)cc1O. The zero-order valence-electron chi connectivity index (χ0n) is 19.7. The Bertz CT molecular complexity index is 1660. The fourth-order valence-corrected chi connectivity index (χ4v) is 4.67. The Morgan fingerprint density at radius 3 is 2.38 bits per heavy atom. The molecule has 1 aliphatic heterocycles. The maximum atomic E-state index is 15.6. The van der Waals surface area contributed by atoms with Gasteiger partial charge in [-0.1, -0.05) is 17.7 Å². The highest BCUT2D eigenvalue weighted by Crippen LogP contribution is 2.39. The summed E-state index contributed by atoms with van der Waals surface area (Å²) in [5.74, 6) is -5.15. The molecule has 4 aromatic rings. The summed E-state index contributed by atoms with van der Waals surface area (Å²) in [6.45, 7) is 0.280. The first-order valence-corrected chi connectivity index (χ1v) is 11.8. The topological polar surface area (TPSA) is 95.7 Å². The number of rotatable bonds is 5. The van der Waals surface area contributed by atoms with Crippen molar-refractivity contribution in [2.75, 3.05) is 13.1 Å². The van der Waals surface area contributed by atoms with Crippen LogP contribution in [-0.2, 0) is 12.7 Å². The van der Waals surface area contributed by atoms with Gasteiger partial charge >= 0.3 is 12.1 Å². The van der Waals surface area contributed by atoms with Crippen LogP contribution >= 0.6 is 11.6 Å². The van der Waals surface area contributed by atoms with E-state index in [9.17, 15) is 27.9 Å².